The Labute approximate surface area is 106 Å². The Bertz CT molecular complexity index is 386. The topological polar surface area (TPSA) is 96.4 Å². The molecule has 0 amide bonds. The van der Waals surface area contributed by atoms with Crippen LogP contribution in [0.2, 0.25) is 0 Å². The molecule has 1 aromatic heterocycles. The lowest BCUT2D eigenvalue weighted by Crippen LogP contribution is -2.20. The maximum atomic E-state index is 10.7. The third-order valence-corrected chi connectivity index (χ3v) is 2.29. The Hall–Kier alpha value is -1.89. The number of anilines is 2. The van der Waals surface area contributed by atoms with Crippen LogP contribution in [-0.2, 0) is 9.53 Å². The van der Waals surface area contributed by atoms with Crippen molar-refractivity contribution in [2.45, 2.75) is 6.92 Å². The Morgan fingerprint density at radius 3 is 2.72 bits per heavy atom. The quantitative estimate of drug-likeness (QED) is 0.586. The summed E-state index contributed by atoms with van der Waals surface area (Å²) in [4.78, 5) is 18.7. The molecule has 0 saturated heterocycles. The molecule has 3 N–H and O–H groups in total. The first kappa shape index (κ1) is 14.2. The van der Waals surface area contributed by atoms with Crippen LogP contribution in [0.4, 0.5) is 11.6 Å². The van der Waals surface area contributed by atoms with E-state index in [4.69, 9.17) is 9.84 Å². The van der Waals surface area contributed by atoms with E-state index >= 15 is 0 Å². The van der Waals surface area contributed by atoms with Gasteiger partial charge in [0.25, 0.3) is 0 Å². The van der Waals surface area contributed by atoms with Crippen molar-refractivity contribution >= 4 is 17.6 Å². The van der Waals surface area contributed by atoms with Gasteiger partial charge in [0.1, 0.15) is 18.0 Å². The molecule has 0 aromatic carbocycles. The predicted octanol–water partition coefficient (Wildman–Crippen LogP) is 0.667. The molecule has 0 radical (unpaired) electrons. The third kappa shape index (κ3) is 4.96. The van der Waals surface area contributed by atoms with Crippen LogP contribution in [-0.4, -0.2) is 47.8 Å². The second kappa shape index (κ2) is 7.44. The van der Waals surface area contributed by atoms with Crippen molar-refractivity contribution in [3.8, 4) is 0 Å². The Balaban J connectivity index is 2.46. The number of carbonyl (C=O) groups is 1. The summed E-state index contributed by atoms with van der Waals surface area (Å²) in [6.45, 7) is 3.19. The van der Waals surface area contributed by atoms with Gasteiger partial charge in [-0.05, 0) is 0 Å². The summed E-state index contributed by atoms with van der Waals surface area (Å²) < 4.78 is 4.91. The number of rotatable bonds is 8. The van der Waals surface area contributed by atoms with Gasteiger partial charge in [0.15, 0.2) is 0 Å². The van der Waals surface area contributed by atoms with Gasteiger partial charge >= 0.3 is 5.97 Å². The van der Waals surface area contributed by atoms with Gasteiger partial charge in [-0.15, -0.1) is 0 Å². The molecule has 1 rings (SSSR count). The fourth-order valence-electron chi connectivity index (χ4n) is 1.18. The molecule has 100 valence electrons. The lowest BCUT2D eigenvalue weighted by atomic mass is 10.2. The highest BCUT2D eigenvalue weighted by atomic mass is 16.5. The molecule has 18 heavy (non-hydrogen) atoms. The van der Waals surface area contributed by atoms with Crippen molar-refractivity contribution in [3.63, 3.8) is 0 Å². The normalized spacial score (nSPS) is 11.9. The van der Waals surface area contributed by atoms with Crippen LogP contribution >= 0.6 is 0 Å². The Morgan fingerprint density at radius 1 is 1.44 bits per heavy atom. The molecule has 0 fully saturated rings. The predicted molar refractivity (Wildman–Crippen MR) is 67.7 cm³/mol. The first-order valence-electron chi connectivity index (χ1n) is 5.65. The van der Waals surface area contributed by atoms with Gasteiger partial charge in [-0.3, -0.25) is 4.79 Å². The molecule has 0 bridgehead atoms. The van der Waals surface area contributed by atoms with E-state index in [-0.39, 0.29) is 0 Å². The largest absolute Gasteiger partial charge is 0.481 e. The second-order valence-electron chi connectivity index (χ2n) is 3.83. The van der Waals surface area contributed by atoms with Crippen molar-refractivity contribution in [1.29, 1.82) is 0 Å². The number of hydrogen-bond acceptors (Lipinski definition) is 6. The van der Waals surface area contributed by atoms with Crippen molar-refractivity contribution in [3.05, 3.63) is 12.4 Å². The summed E-state index contributed by atoms with van der Waals surface area (Å²) in [6, 6.07) is 1.73. The van der Waals surface area contributed by atoms with Crippen LogP contribution in [0.1, 0.15) is 6.92 Å². The fraction of sp³-hybridized carbons (Fsp3) is 0.545. The number of carboxylic acids is 1. The highest BCUT2D eigenvalue weighted by molar-refractivity contribution is 5.70. The van der Waals surface area contributed by atoms with Gasteiger partial charge in [-0.2, -0.15) is 0 Å². The smallest absolute Gasteiger partial charge is 0.308 e. The zero-order chi connectivity index (χ0) is 13.4. The summed E-state index contributed by atoms with van der Waals surface area (Å²) in [6.07, 6.45) is 1.42. The minimum absolute atomic E-state index is 0.323. The monoisotopic (exact) mass is 254 g/mol. The third-order valence-electron chi connectivity index (χ3n) is 2.29. The van der Waals surface area contributed by atoms with E-state index in [1.54, 1.807) is 20.1 Å². The SMILES string of the molecule is COCCNc1cc(NCC(C)C(=O)O)ncn1. The molecule has 0 aliphatic carbocycles. The lowest BCUT2D eigenvalue weighted by Gasteiger charge is -2.10. The highest BCUT2D eigenvalue weighted by Crippen LogP contribution is 2.09. The van der Waals surface area contributed by atoms with Gasteiger partial charge in [0.2, 0.25) is 0 Å². The van der Waals surface area contributed by atoms with Crippen LogP contribution < -0.4 is 10.6 Å². The van der Waals surface area contributed by atoms with Crippen molar-refractivity contribution in [2.75, 3.05) is 37.4 Å². The van der Waals surface area contributed by atoms with Crippen molar-refractivity contribution in [1.82, 2.24) is 9.97 Å². The number of carboxylic acid groups (broad SMARTS) is 1. The molecule has 1 atom stereocenters. The average molecular weight is 254 g/mol. The van der Waals surface area contributed by atoms with Gasteiger partial charge in [-0.1, -0.05) is 6.92 Å². The van der Waals surface area contributed by atoms with Gasteiger partial charge in [0.05, 0.1) is 12.5 Å². The highest BCUT2D eigenvalue weighted by Gasteiger charge is 2.10. The zero-order valence-corrected chi connectivity index (χ0v) is 10.5. The first-order chi connectivity index (χ1) is 8.63. The van der Waals surface area contributed by atoms with Crippen LogP contribution in [0.25, 0.3) is 0 Å². The number of ether oxygens (including phenoxy) is 1. The van der Waals surface area contributed by atoms with Gasteiger partial charge in [0, 0.05) is 26.3 Å². The lowest BCUT2D eigenvalue weighted by molar-refractivity contribution is -0.140. The number of aliphatic carboxylic acids is 1. The minimum Gasteiger partial charge on any atom is -0.481 e. The van der Waals surface area contributed by atoms with Crippen molar-refractivity contribution in [2.24, 2.45) is 5.92 Å². The molecule has 0 spiro atoms. The first-order valence-corrected chi connectivity index (χ1v) is 5.65. The maximum Gasteiger partial charge on any atom is 0.308 e. The van der Waals surface area contributed by atoms with E-state index in [1.165, 1.54) is 6.33 Å². The molecule has 0 saturated carbocycles. The Morgan fingerprint density at radius 2 is 2.11 bits per heavy atom. The number of nitrogens with one attached hydrogen (secondary N) is 2. The molecule has 1 unspecified atom stereocenters. The summed E-state index contributed by atoms with van der Waals surface area (Å²) in [5.41, 5.74) is 0. The molecule has 1 aromatic rings. The van der Waals surface area contributed by atoms with Crippen LogP contribution in [0.3, 0.4) is 0 Å². The second-order valence-corrected chi connectivity index (χ2v) is 3.83. The molecule has 1 heterocycles. The number of aromatic nitrogens is 2. The molecule has 0 aliphatic heterocycles. The minimum atomic E-state index is -0.838. The fourth-order valence-corrected chi connectivity index (χ4v) is 1.18. The van der Waals surface area contributed by atoms with Gasteiger partial charge in [-0.25, -0.2) is 9.97 Å². The van der Waals surface area contributed by atoms with E-state index in [0.717, 1.165) is 0 Å². The van der Waals surface area contributed by atoms with E-state index in [1.807, 2.05) is 0 Å². The standard InChI is InChI=1S/C11H18N4O3/c1-8(11(16)17)6-13-10-5-9(14-7-15-10)12-3-4-18-2/h5,7-8H,3-4,6H2,1-2H3,(H,16,17)(H2,12,13,14,15). The molecule has 7 heteroatoms. The number of hydrogen-bond donors (Lipinski definition) is 3. The summed E-state index contributed by atoms with van der Waals surface area (Å²) in [7, 11) is 1.63. The maximum absolute atomic E-state index is 10.7. The number of methoxy groups -OCH3 is 1. The average Bonchev–Trinajstić information content (AvgIpc) is 2.36. The summed E-state index contributed by atoms with van der Waals surface area (Å²) >= 11 is 0. The van der Waals surface area contributed by atoms with Crippen LogP contribution in [0, 0.1) is 5.92 Å². The molecular weight excluding hydrogens is 236 g/mol. The van der Waals surface area contributed by atoms with E-state index in [0.29, 0.717) is 31.3 Å². The van der Waals surface area contributed by atoms with Crippen molar-refractivity contribution < 1.29 is 14.6 Å². The molecular formula is C11H18N4O3. The summed E-state index contributed by atoms with van der Waals surface area (Å²) in [5, 5.41) is 14.8. The van der Waals surface area contributed by atoms with E-state index in [9.17, 15) is 4.79 Å². The van der Waals surface area contributed by atoms with E-state index < -0.39 is 11.9 Å². The molecule has 0 aliphatic rings. The molecule has 7 nitrogen and oxygen atoms in total. The van der Waals surface area contributed by atoms with E-state index in [2.05, 4.69) is 20.6 Å². The number of nitrogens with zero attached hydrogens (tertiary/aromatic N) is 2. The summed E-state index contributed by atoms with van der Waals surface area (Å²) in [5.74, 6) is -0.0367. The van der Waals surface area contributed by atoms with Gasteiger partial charge < -0.3 is 20.5 Å². The van der Waals surface area contributed by atoms with Crippen LogP contribution in [0.15, 0.2) is 12.4 Å². The zero-order valence-electron chi connectivity index (χ0n) is 10.5. The van der Waals surface area contributed by atoms with Crippen LogP contribution in [0.5, 0.6) is 0 Å². The Kier molecular flexibility index (Phi) is 5.86.